The van der Waals surface area contributed by atoms with Crippen molar-refractivity contribution in [3.63, 3.8) is 0 Å². The molecule has 0 aliphatic carbocycles. The van der Waals surface area contributed by atoms with Crippen LogP contribution in [0.3, 0.4) is 0 Å². The maximum atomic E-state index is 13.0. The minimum Gasteiger partial charge on any atom is -0.490 e. The lowest BCUT2D eigenvalue weighted by molar-refractivity contribution is -0.384. The second-order valence-corrected chi connectivity index (χ2v) is 9.43. The molecule has 1 heterocycles. The highest BCUT2D eigenvalue weighted by atomic mass is 79.9. The predicted molar refractivity (Wildman–Crippen MR) is 144 cm³/mol. The number of aromatic nitrogens is 2. The third-order valence-corrected chi connectivity index (χ3v) is 6.21. The van der Waals surface area contributed by atoms with E-state index in [0.29, 0.717) is 50.4 Å². The number of halogens is 2. The Balaban J connectivity index is 1.64. The third kappa shape index (κ3) is 5.63. The van der Waals surface area contributed by atoms with Crippen molar-refractivity contribution in [1.82, 2.24) is 9.66 Å². The quantitative estimate of drug-likeness (QED) is 0.137. The monoisotopic (exact) mass is 614 g/mol. The first kappa shape index (κ1) is 25.5. The Labute approximate surface area is 222 Å². The highest BCUT2D eigenvalue weighted by Gasteiger charge is 2.14. The van der Waals surface area contributed by atoms with Gasteiger partial charge in [-0.3, -0.25) is 14.9 Å². The van der Waals surface area contributed by atoms with Gasteiger partial charge in [-0.05, 0) is 71.2 Å². The largest absolute Gasteiger partial charge is 0.490 e. The average molecular weight is 616 g/mol. The number of nitro groups is 1. The summed E-state index contributed by atoms with van der Waals surface area (Å²) >= 11 is 6.90. The summed E-state index contributed by atoms with van der Waals surface area (Å²) in [7, 11) is 0. The van der Waals surface area contributed by atoms with Crippen LogP contribution in [0.15, 0.2) is 73.4 Å². The SMILES string of the molecule is CCOc1cc(C=Nn2c(C)nc3ccc(Br)cc3c2=O)cc(Br)c1OCc1cccc([N+](=O)[O-])c1. The number of ether oxygens (including phenoxy) is 2. The summed E-state index contributed by atoms with van der Waals surface area (Å²) in [6.07, 6.45) is 1.54. The lowest BCUT2D eigenvalue weighted by Gasteiger charge is -2.15. The molecule has 0 atom stereocenters. The van der Waals surface area contributed by atoms with Crippen LogP contribution in [0.5, 0.6) is 11.5 Å². The molecule has 0 aliphatic rings. The van der Waals surface area contributed by atoms with E-state index in [9.17, 15) is 14.9 Å². The molecule has 4 rings (SSSR count). The van der Waals surface area contributed by atoms with Crippen LogP contribution < -0.4 is 15.0 Å². The van der Waals surface area contributed by atoms with Crippen LogP contribution in [0.25, 0.3) is 10.9 Å². The molecular weight excluding hydrogens is 596 g/mol. The van der Waals surface area contributed by atoms with E-state index in [-0.39, 0.29) is 17.9 Å². The van der Waals surface area contributed by atoms with Crippen LogP contribution in [0.4, 0.5) is 5.69 Å². The third-order valence-electron chi connectivity index (χ3n) is 5.13. The Morgan fingerprint density at radius 1 is 1.14 bits per heavy atom. The summed E-state index contributed by atoms with van der Waals surface area (Å²) in [5.41, 5.74) is 1.62. The zero-order chi connectivity index (χ0) is 25.8. The van der Waals surface area contributed by atoms with E-state index in [1.165, 1.54) is 23.0 Å². The van der Waals surface area contributed by atoms with Crippen LogP contribution in [0.2, 0.25) is 0 Å². The Kier molecular flexibility index (Phi) is 7.80. The number of rotatable bonds is 8. The van der Waals surface area contributed by atoms with Gasteiger partial charge in [0.05, 0.1) is 33.1 Å². The Bertz CT molecular complexity index is 1550. The van der Waals surface area contributed by atoms with Crippen LogP contribution in [0, 0.1) is 17.0 Å². The summed E-state index contributed by atoms with van der Waals surface area (Å²) < 4.78 is 14.3. The zero-order valence-corrected chi connectivity index (χ0v) is 22.4. The van der Waals surface area contributed by atoms with Gasteiger partial charge in [0.15, 0.2) is 11.5 Å². The molecule has 11 heteroatoms. The van der Waals surface area contributed by atoms with Crippen molar-refractivity contribution < 1.29 is 14.4 Å². The molecule has 0 amide bonds. The molecule has 0 aliphatic heterocycles. The molecule has 0 spiro atoms. The molecule has 3 aromatic carbocycles. The molecule has 0 N–H and O–H groups in total. The molecule has 0 saturated carbocycles. The van der Waals surface area contributed by atoms with Gasteiger partial charge in [0, 0.05) is 16.6 Å². The molecule has 184 valence electrons. The smallest absolute Gasteiger partial charge is 0.282 e. The number of fused-ring (bicyclic) bond motifs is 1. The molecule has 1 aromatic heterocycles. The Hall–Kier alpha value is -3.57. The van der Waals surface area contributed by atoms with Crippen molar-refractivity contribution in [2.45, 2.75) is 20.5 Å². The van der Waals surface area contributed by atoms with Crippen molar-refractivity contribution in [2.75, 3.05) is 6.61 Å². The van der Waals surface area contributed by atoms with Crippen molar-refractivity contribution in [2.24, 2.45) is 5.10 Å². The number of non-ortho nitro benzene ring substituents is 1. The molecule has 4 aromatic rings. The van der Waals surface area contributed by atoms with Crippen LogP contribution in [-0.2, 0) is 6.61 Å². The fourth-order valence-corrected chi connectivity index (χ4v) is 4.44. The first-order chi connectivity index (χ1) is 17.3. The summed E-state index contributed by atoms with van der Waals surface area (Å²) in [5, 5.41) is 15.9. The number of hydrogen-bond donors (Lipinski definition) is 0. The molecule has 9 nitrogen and oxygen atoms in total. The lowest BCUT2D eigenvalue weighted by Crippen LogP contribution is -2.20. The first-order valence-corrected chi connectivity index (χ1v) is 12.4. The van der Waals surface area contributed by atoms with Gasteiger partial charge in [0.2, 0.25) is 0 Å². The first-order valence-electron chi connectivity index (χ1n) is 10.8. The molecule has 36 heavy (non-hydrogen) atoms. The second-order valence-electron chi connectivity index (χ2n) is 7.66. The highest BCUT2D eigenvalue weighted by Crippen LogP contribution is 2.37. The number of nitro benzene ring substituents is 1. The number of hydrogen-bond acceptors (Lipinski definition) is 7. The zero-order valence-electron chi connectivity index (χ0n) is 19.3. The van der Waals surface area contributed by atoms with Crippen molar-refractivity contribution in [3.8, 4) is 11.5 Å². The van der Waals surface area contributed by atoms with Gasteiger partial charge >= 0.3 is 0 Å². The van der Waals surface area contributed by atoms with E-state index in [0.717, 1.165) is 4.47 Å². The van der Waals surface area contributed by atoms with Crippen LogP contribution in [0.1, 0.15) is 23.9 Å². The maximum Gasteiger partial charge on any atom is 0.282 e. The van der Waals surface area contributed by atoms with Gasteiger partial charge in [-0.1, -0.05) is 28.1 Å². The summed E-state index contributed by atoms with van der Waals surface area (Å²) in [6, 6.07) is 15.1. The Morgan fingerprint density at radius 2 is 1.94 bits per heavy atom. The number of benzene rings is 3. The van der Waals surface area contributed by atoms with Crippen molar-refractivity contribution >= 4 is 54.7 Å². The van der Waals surface area contributed by atoms with Crippen molar-refractivity contribution in [3.05, 3.63) is 101 Å². The van der Waals surface area contributed by atoms with Gasteiger partial charge in [-0.2, -0.15) is 9.78 Å². The second kappa shape index (κ2) is 11.0. The highest BCUT2D eigenvalue weighted by molar-refractivity contribution is 9.10. The van der Waals surface area contributed by atoms with Gasteiger partial charge in [0.1, 0.15) is 12.4 Å². The van der Waals surface area contributed by atoms with Crippen LogP contribution in [-0.4, -0.2) is 27.4 Å². The topological polar surface area (TPSA) is 109 Å². The molecule has 0 radical (unpaired) electrons. The summed E-state index contributed by atoms with van der Waals surface area (Å²) in [5.74, 6) is 1.36. The standard InChI is InChI=1S/C25H20Br2N4O5/c1-3-35-23-11-17(10-21(27)24(23)36-14-16-5-4-6-19(9-16)31(33)34)13-28-30-15(2)29-22-8-7-18(26)12-20(22)25(30)32/h4-13H,3,14H2,1-2H3. The van der Waals surface area contributed by atoms with Gasteiger partial charge in [0.25, 0.3) is 11.2 Å². The normalized spacial score (nSPS) is 11.2. The lowest BCUT2D eigenvalue weighted by atomic mass is 10.2. The fourth-order valence-electron chi connectivity index (χ4n) is 3.50. The maximum absolute atomic E-state index is 13.0. The van der Waals surface area contributed by atoms with Gasteiger partial charge in [-0.25, -0.2) is 4.98 Å². The number of aryl methyl sites for hydroxylation is 1. The van der Waals surface area contributed by atoms with Gasteiger partial charge < -0.3 is 9.47 Å². The molecule has 0 fully saturated rings. The van der Waals surface area contributed by atoms with E-state index in [1.807, 2.05) is 13.0 Å². The average Bonchev–Trinajstić information content (AvgIpc) is 2.84. The molecular formula is C25H20Br2N4O5. The van der Waals surface area contributed by atoms with E-state index < -0.39 is 4.92 Å². The molecule has 0 bridgehead atoms. The van der Waals surface area contributed by atoms with Gasteiger partial charge in [-0.15, -0.1) is 0 Å². The van der Waals surface area contributed by atoms with E-state index >= 15 is 0 Å². The molecule has 0 saturated heterocycles. The predicted octanol–water partition coefficient (Wildman–Crippen LogP) is 6.00. The van der Waals surface area contributed by atoms with E-state index in [4.69, 9.17) is 9.47 Å². The van der Waals surface area contributed by atoms with Crippen LogP contribution >= 0.6 is 31.9 Å². The van der Waals surface area contributed by atoms with E-state index in [1.54, 1.807) is 43.3 Å². The van der Waals surface area contributed by atoms with E-state index in [2.05, 4.69) is 41.9 Å². The molecule has 0 unspecified atom stereocenters. The number of nitrogens with zero attached hydrogens (tertiary/aromatic N) is 4. The minimum atomic E-state index is -0.448. The minimum absolute atomic E-state index is 0.00664. The van der Waals surface area contributed by atoms with Crippen molar-refractivity contribution in [1.29, 1.82) is 0 Å². The Morgan fingerprint density at radius 3 is 2.69 bits per heavy atom. The fraction of sp³-hybridized carbons (Fsp3) is 0.160. The summed E-state index contributed by atoms with van der Waals surface area (Å²) in [4.78, 5) is 28.1. The summed E-state index contributed by atoms with van der Waals surface area (Å²) in [6.45, 7) is 4.07.